The number of benzene rings is 2. The second kappa shape index (κ2) is 6.41. The first kappa shape index (κ1) is 15.5. The molecule has 0 saturated carbocycles. The van der Waals surface area contributed by atoms with Crippen LogP contribution >= 0.6 is 59.4 Å². The van der Waals surface area contributed by atoms with Gasteiger partial charge in [0.25, 0.3) is 0 Å². The van der Waals surface area contributed by atoms with Crippen LogP contribution in [0.1, 0.15) is 5.82 Å². The monoisotopic (exact) mass is 490 g/mol. The molecule has 0 bridgehead atoms. The average molecular weight is 493 g/mol. The minimum absolute atomic E-state index is 0.538. The summed E-state index contributed by atoms with van der Waals surface area (Å²) in [5.41, 5.74) is 3.07. The molecule has 1 aromatic heterocycles. The van der Waals surface area contributed by atoms with Gasteiger partial charge in [-0.05, 0) is 52.3 Å². The van der Waals surface area contributed by atoms with Crippen LogP contribution in [0.15, 0.2) is 49.8 Å². The van der Waals surface area contributed by atoms with Crippen molar-refractivity contribution in [2.24, 2.45) is 0 Å². The number of hydrogen-bond donors (Lipinski definition) is 0. The summed E-state index contributed by atoms with van der Waals surface area (Å²) in [4.78, 5) is 4.72. The normalized spacial score (nSPS) is 11.2. The summed E-state index contributed by atoms with van der Waals surface area (Å²) >= 11 is 16.6. The van der Waals surface area contributed by atoms with Crippen molar-refractivity contribution in [3.05, 3.63) is 55.6 Å². The molecule has 1 heterocycles. The molecule has 2 aromatic carbocycles. The predicted octanol–water partition coefficient (Wildman–Crippen LogP) is 6.09. The summed E-state index contributed by atoms with van der Waals surface area (Å²) < 4.78 is 5.21. The summed E-state index contributed by atoms with van der Waals surface area (Å²) in [5, 5.41) is 0. The van der Waals surface area contributed by atoms with Crippen LogP contribution in [0, 0.1) is 0 Å². The molecular weight excluding hydrogens is 483 g/mol. The second-order valence-corrected chi connectivity index (χ2v) is 7.59. The number of nitrogens with zero attached hydrogens (tertiary/aromatic N) is 2. The molecule has 0 atom stereocenters. The highest BCUT2D eigenvalue weighted by Crippen LogP contribution is 2.31. The lowest BCUT2D eigenvalue weighted by atomic mass is 10.2. The zero-order chi connectivity index (χ0) is 15.0. The van der Waals surface area contributed by atoms with Crippen LogP contribution < -0.4 is 0 Å². The third kappa shape index (κ3) is 3.07. The first-order valence-electron chi connectivity index (χ1n) is 6.28. The molecule has 3 rings (SSSR count). The fourth-order valence-electron chi connectivity index (χ4n) is 2.28. The number of imidazole rings is 1. The van der Waals surface area contributed by atoms with Crippen molar-refractivity contribution in [1.29, 1.82) is 0 Å². The molecule has 0 spiro atoms. The van der Waals surface area contributed by atoms with Gasteiger partial charge in [-0.1, -0.05) is 31.9 Å². The Kier molecular flexibility index (Phi) is 4.74. The molecule has 2 nitrogen and oxygen atoms in total. The number of aryl methyl sites for hydroxylation is 1. The summed E-state index contributed by atoms with van der Waals surface area (Å²) in [6.07, 6.45) is 0.715. The Morgan fingerprint density at radius 3 is 2.48 bits per heavy atom. The van der Waals surface area contributed by atoms with Crippen molar-refractivity contribution in [3.63, 3.8) is 0 Å². The van der Waals surface area contributed by atoms with E-state index in [0.717, 1.165) is 36.0 Å². The molecule has 0 unspecified atom stereocenters. The zero-order valence-corrected chi connectivity index (χ0v) is 16.3. The highest BCUT2D eigenvalue weighted by atomic mass is 79.9. The predicted molar refractivity (Wildman–Crippen MR) is 98.6 cm³/mol. The average Bonchev–Trinajstić information content (AvgIpc) is 2.79. The molecular formula is C15H10Br3ClN2. The van der Waals surface area contributed by atoms with Crippen LogP contribution in [0.5, 0.6) is 0 Å². The summed E-state index contributed by atoms with van der Waals surface area (Å²) in [6, 6.07) is 12.2. The highest BCUT2D eigenvalue weighted by molar-refractivity contribution is 9.11. The van der Waals surface area contributed by atoms with Crippen molar-refractivity contribution in [2.45, 2.75) is 6.42 Å². The Bertz CT molecular complexity index is 814. The van der Waals surface area contributed by atoms with Gasteiger partial charge < -0.3 is 0 Å². The molecule has 0 N–H and O–H groups in total. The van der Waals surface area contributed by atoms with Crippen LogP contribution in [-0.2, 0) is 6.42 Å². The van der Waals surface area contributed by atoms with E-state index in [1.54, 1.807) is 0 Å². The largest absolute Gasteiger partial charge is 0.295 e. The summed E-state index contributed by atoms with van der Waals surface area (Å²) in [6.45, 7) is 0. The van der Waals surface area contributed by atoms with Crippen molar-refractivity contribution in [2.75, 3.05) is 5.88 Å². The Morgan fingerprint density at radius 1 is 1.00 bits per heavy atom. The number of fused-ring (bicyclic) bond motifs is 1. The van der Waals surface area contributed by atoms with Crippen LogP contribution in [-0.4, -0.2) is 15.4 Å². The third-order valence-electron chi connectivity index (χ3n) is 3.15. The number of halogens is 4. The summed E-state index contributed by atoms with van der Waals surface area (Å²) in [5.74, 6) is 1.49. The smallest absolute Gasteiger partial charge is 0.115 e. The lowest BCUT2D eigenvalue weighted by Crippen LogP contribution is -2.03. The van der Waals surface area contributed by atoms with Crippen LogP contribution in [0.25, 0.3) is 16.7 Å². The SMILES string of the molecule is ClCCc1nc2cc(Br)ccc2n1-c1cc(Br)ccc1Br. The maximum Gasteiger partial charge on any atom is 0.115 e. The number of rotatable bonds is 3. The fraction of sp³-hybridized carbons (Fsp3) is 0.133. The van der Waals surface area contributed by atoms with E-state index in [9.17, 15) is 0 Å². The van der Waals surface area contributed by atoms with Gasteiger partial charge in [-0.15, -0.1) is 11.6 Å². The zero-order valence-electron chi connectivity index (χ0n) is 10.8. The van der Waals surface area contributed by atoms with E-state index < -0.39 is 0 Å². The highest BCUT2D eigenvalue weighted by Gasteiger charge is 2.14. The Morgan fingerprint density at radius 2 is 1.71 bits per heavy atom. The van der Waals surface area contributed by atoms with Gasteiger partial charge in [0.2, 0.25) is 0 Å². The van der Waals surface area contributed by atoms with Crippen molar-refractivity contribution < 1.29 is 0 Å². The van der Waals surface area contributed by atoms with Gasteiger partial charge >= 0.3 is 0 Å². The molecule has 108 valence electrons. The van der Waals surface area contributed by atoms with Crippen molar-refractivity contribution in [1.82, 2.24) is 9.55 Å². The molecule has 0 saturated heterocycles. The van der Waals surface area contributed by atoms with E-state index in [4.69, 9.17) is 16.6 Å². The van der Waals surface area contributed by atoms with Gasteiger partial charge in [0.15, 0.2) is 0 Å². The lowest BCUT2D eigenvalue weighted by molar-refractivity contribution is 0.909. The molecule has 3 aromatic rings. The first-order valence-corrected chi connectivity index (χ1v) is 9.20. The molecule has 6 heteroatoms. The van der Waals surface area contributed by atoms with Gasteiger partial charge in [0.05, 0.1) is 16.7 Å². The maximum atomic E-state index is 5.94. The van der Waals surface area contributed by atoms with Gasteiger partial charge in [0.1, 0.15) is 5.82 Å². The van der Waals surface area contributed by atoms with E-state index >= 15 is 0 Å². The molecule has 0 aliphatic rings. The minimum atomic E-state index is 0.538. The maximum absolute atomic E-state index is 5.94. The van der Waals surface area contributed by atoms with E-state index in [-0.39, 0.29) is 0 Å². The number of hydrogen-bond acceptors (Lipinski definition) is 1. The van der Waals surface area contributed by atoms with Gasteiger partial charge in [-0.2, -0.15) is 0 Å². The third-order valence-corrected chi connectivity index (χ3v) is 5.00. The molecule has 0 aliphatic heterocycles. The Hall–Kier alpha value is -0.360. The standard InChI is InChI=1S/C15H10Br3ClN2/c16-9-2-4-13-12(7-9)20-15(5-6-19)21(13)14-8-10(17)1-3-11(14)18/h1-4,7-8H,5-6H2. The van der Waals surface area contributed by atoms with Crippen LogP contribution in [0.3, 0.4) is 0 Å². The Labute approximate surface area is 152 Å². The van der Waals surface area contributed by atoms with Crippen LogP contribution in [0.4, 0.5) is 0 Å². The molecule has 0 amide bonds. The minimum Gasteiger partial charge on any atom is -0.295 e. The first-order chi connectivity index (χ1) is 10.1. The Balaban J connectivity index is 2.33. The number of aromatic nitrogens is 2. The van der Waals surface area contributed by atoms with Crippen LogP contribution in [0.2, 0.25) is 0 Å². The van der Waals surface area contributed by atoms with Gasteiger partial charge in [-0.25, -0.2) is 4.98 Å². The van der Waals surface area contributed by atoms with E-state index in [1.807, 2.05) is 24.3 Å². The number of alkyl halides is 1. The molecule has 0 aliphatic carbocycles. The molecule has 0 fully saturated rings. The topological polar surface area (TPSA) is 17.8 Å². The lowest BCUT2D eigenvalue weighted by Gasteiger charge is -2.11. The van der Waals surface area contributed by atoms with Crippen molar-refractivity contribution >= 4 is 70.4 Å². The fourth-order valence-corrected chi connectivity index (χ4v) is 3.57. The van der Waals surface area contributed by atoms with Crippen molar-refractivity contribution in [3.8, 4) is 5.69 Å². The quantitative estimate of drug-likeness (QED) is 0.404. The second-order valence-electron chi connectivity index (χ2n) is 4.53. The van der Waals surface area contributed by atoms with Gasteiger partial charge in [0, 0.05) is 25.7 Å². The molecule has 21 heavy (non-hydrogen) atoms. The van der Waals surface area contributed by atoms with Gasteiger partial charge in [-0.3, -0.25) is 4.57 Å². The van der Waals surface area contributed by atoms with E-state index in [2.05, 4.69) is 64.5 Å². The van der Waals surface area contributed by atoms with E-state index in [1.165, 1.54) is 0 Å². The summed E-state index contributed by atoms with van der Waals surface area (Å²) in [7, 11) is 0. The van der Waals surface area contributed by atoms with E-state index in [0.29, 0.717) is 12.3 Å². The molecule has 0 radical (unpaired) electrons.